The number of carbonyl (C=O) groups excluding carboxylic acids is 2. The Morgan fingerprint density at radius 3 is 1.50 bits per heavy atom. The van der Waals surface area contributed by atoms with Gasteiger partial charge in [-0.1, -0.05) is 0 Å². The number of rotatable bonds is 2. The van der Waals surface area contributed by atoms with E-state index in [-0.39, 0.29) is 53.6 Å². The van der Waals surface area contributed by atoms with Crippen LogP contribution in [0.2, 0.25) is 0 Å². The van der Waals surface area contributed by atoms with Gasteiger partial charge in [-0.15, -0.1) is 0 Å². The van der Waals surface area contributed by atoms with E-state index < -0.39 is 19.9 Å². The first-order valence-corrected chi connectivity index (χ1v) is 5.85. The van der Waals surface area contributed by atoms with Crippen molar-refractivity contribution in [3.05, 3.63) is 0 Å². The Bertz CT molecular complexity index is 369. The zero-order valence-electron chi connectivity index (χ0n) is 8.36. The van der Waals surface area contributed by atoms with Crippen molar-refractivity contribution in [3.8, 4) is 10.8 Å². The third-order valence-electron chi connectivity index (χ3n) is 0.476. The molecule has 0 heterocycles. The fraction of sp³-hybridized carbons (Fsp3) is 0. The van der Waals surface area contributed by atoms with Crippen LogP contribution in [0.3, 0.4) is 0 Å². The van der Waals surface area contributed by atoms with Crippen LogP contribution in [0.15, 0.2) is 0 Å². The van der Waals surface area contributed by atoms with E-state index in [0.29, 0.717) is 0 Å². The average Bonchev–Trinajstić information content (AvgIpc) is 2.20. The molecule has 18 heavy (non-hydrogen) atoms. The molecule has 0 saturated heterocycles. The Labute approximate surface area is 130 Å². The van der Waals surface area contributed by atoms with Crippen molar-refractivity contribution in [2.24, 2.45) is 0 Å². The molecule has 0 spiro atoms. The molecule has 0 bridgehead atoms. The molecule has 0 saturated carbocycles. The Hall–Kier alpha value is -0.330. The van der Waals surface area contributed by atoms with E-state index in [2.05, 4.69) is 8.37 Å². The van der Waals surface area contributed by atoms with Gasteiger partial charge in [-0.2, -0.15) is 18.9 Å². The minimum absolute atomic E-state index is 0. The van der Waals surface area contributed by atoms with Crippen molar-refractivity contribution in [2.45, 2.75) is 0 Å². The van der Waals surface area contributed by atoms with E-state index in [1.54, 1.807) is 0 Å². The number of halogens is 2. The molecule has 14 heteroatoms. The number of carbonyl (C=O) groups is 2. The number of thiocyanates is 2. The Morgan fingerprint density at radius 2 is 1.33 bits per heavy atom. The molecule has 0 aromatic rings. The maximum absolute atomic E-state index is 10.4. The van der Waals surface area contributed by atoms with Crippen LogP contribution in [0.1, 0.15) is 0 Å². The molecule has 0 aliphatic heterocycles. The van der Waals surface area contributed by atoms with Crippen LogP contribution >= 0.6 is 32.1 Å². The van der Waals surface area contributed by atoms with Crippen LogP contribution in [0.25, 0.3) is 0 Å². The minimum Gasteiger partial charge on any atom is -0.749 e. The SMILES string of the molecule is N#CSOC(=O)C(=O)OSC#N.O=P([O-])(F)F.[Na+]. The first kappa shape index (κ1) is 22.8. The van der Waals surface area contributed by atoms with E-state index in [0.717, 1.165) is 0 Å². The van der Waals surface area contributed by atoms with Gasteiger partial charge in [0, 0.05) is 0 Å². The number of hydrogen-bond donors (Lipinski definition) is 0. The van der Waals surface area contributed by atoms with Crippen molar-refractivity contribution in [1.82, 2.24) is 0 Å². The summed E-state index contributed by atoms with van der Waals surface area (Å²) in [4.78, 5) is 29.2. The monoisotopic (exact) mass is 328 g/mol. The summed E-state index contributed by atoms with van der Waals surface area (Å²) in [5, 5.41) is 18.6. The first-order valence-electron chi connectivity index (χ1n) is 2.96. The maximum atomic E-state index is 10.4. The van der Waals surface area contributed by atoms with Gasteiger partial charge in [0.15, 0.2) is 34.9 Å². The van der Waals surface area contributed by atoms with Gasteiger partial charge >= 0.3 is 49.5 Å². The molecule has 8 nitrogen and oxygen atoms in total. The molecule has 0 unspecified atom stereocenters. The predicted octanol–water partition coefficient (Wildman–Crippen LogP) is -2.27. The normalized spacial score (nSPS) is 8.28. The van der Waals surface area contributed by atoms with Crippen LogP contribution in [0.5, 0.6) is 0 Å². The molecule has 0 fully saturated rings. The van der Waals surface area contributed by atoms with Crippen molar-refractivity contribution >= 4 is 44.0 Å². The third kappa shape index (κ3) is 24.8. The molecule has 0 N–H and O–H groups in total. The zero-order valence-corrected chi connectivity index (χ0v) is 12.9. The molecule has 0 atom stereocenters. The van der Waals surface area contributed by atoms with Crippen LogP contribution in [0.4, 0.5) is 8.39 Å². The molecule has 0 aliphatic rings. The summed E-state index contributed by atoms with van der Waals surface area (Å²) in [5.41, 5.74) is 0. The summed E-state index contributed by atoms with van der Waals surface area (Å²) in [6, 6.07) is 0. The van der Waals surface area contributed by atoms with Crippen molar-refractivity contribution in [3.63, 3.8) is 0 Å². The van der Waals surface area contributed by atoms with E-state index in [1.165, 1.54) is 10.8 Å². The van der Waals surface area contributed by atoms with Crippen molar-refractivity contribution in [2.75, 3.05) is 0 Å². The molecular formula is C4F2N2NaO6PS2. The number of nitriles is 2. The van der Waals surface area contributed by atoms with Gasteiger partial charge in [-0.05, 0) is 0 Å². The molecular weight excluding hydrogens is 328 g/mol. The van der Waals surface area contributed by atoms with Crippen LogP contribution in [0, 0.1) is 21.3 Å². The van der Waals surface area contributed by atoms with Crippen LogP contribution in [-0.2, 0) is 22.5 Å². The average molecular weight is 328 g/mol. The summed E-state index contributed by atoms with van der Waals surface area (Å²) in [6.45, 7) is 0. The van der Waals surface area contributed by atoms with E-state index in [9.17, 15) is 18.0 Å². The van der Waals surface area contributed by atoms with Crippen molar-refractivity contribution < 1.29 is 65.4 Å². The Balaban J connectivity index is -0.000000321. The number of nitrogens with zero attached hydrogens (tertiary/aromatic N) is 2. The molecule has 0 aliphatic carbocycles. The van der Waals surface area contributed by atoms with Gasteiger partial charge in [-0.25, -0.2) is 9.59 Å². The molecule has 0 amide bonds. The van der Waals surface area contributed by atoms with Gasteiger partial charge in [-0.3, -0.25) is 4.57 Å². The second-order valence-corrected chi connectivity index (χ2v) is 3.37. The smallest absolute Gasteiger partial charge is 0.749 e. The van der Waals surface area contributed by atoms with Crippen molar-refractivity contribution in [1.29, 1.82) is 10.5 Å². The van der Waals surface area contributed by atoms with E-state index in [4.69, 9.17) is 20.0 Å². The quantitative estimate of drug-likeness (QED) is 0.179. The first-order chi connectivity index (χ1) is 7.72. The van der Waals surface area contributed by atoms with Gasteiger partial charge < -0.3 is 13.3 Å². The Morgan fingerprint density at radius 1 is 1.11 bits per heavy atom. The standard InChI is InChI=1S/C4N2O4S2.F2HO2P.Na/c5-1-11-9-3(7)4(8)10-12-2-6;1-5(2,3)4;/h;(H,3,4);/q;;+1/p-1. The third-order valence-corrected chi connectivity index (χ3v) is 1.09. The maximum Gasteiger partial charge on any atom is 1.00 e. The summed E-state index contributed by atoms with van der Waals surface area (Å²) in [7, 11) is -5.89. The number of hydrogen-bond acceptors (Lipinski definition) is 10. The van der Waals surface area contributed by atoms with Gasteiger partial charge in [0.2, 0.25) is 0 Å². The van der Waals surface area contributed by atoms with Gasteiger partial charge in [0.05, 0.1) is 0 Å². The molecule has 94 valence electrons. The molecule has 0 rings (SSSR count). The summed E-state index contributed by atoms with van der Waals surface area (Å²) < 4.78 is 36.3. The molecule has 0 aromatic heterocycles. The second-order valence-electron chi connectivity index (χ2n) is 1.51. The van der Waals surface area contributed by atoms with Gasteiger partial charge in [0.1, 0.15) is 0 Å². The second kappa shape index (κ2) is 13.1. The van der Waals surface area contributed by atoms with Crippen LogP contribution < -0.4 is 34.5 Å². The fourth-order valence-electron chi connectivity index (χ4n) is 0.181. The summed E-state index contributed by atoms with van der Waals surface area (Å²) >= 11 is 0.282. The molecule has 0 radical (unpaired) electrons. The van der Waals surface area contributed by atoms with Crippen LogP contribution in [-0.4, -0.2) is 11.9 Å². The zero-order chi connectivity index (χ0) is 13.9. The Kier molecular flexibility index (Phi) is 16.6. The minimum atomic E-state index is -5.89. The largest absolute Gasteiger partial charge is 1.00 e. The summed E-state index contributed by atoms with van der Waals surface area (Å²) in [6.07, 6.45) is 0. The van der Waals surface area contributed by atoms with Gasteiger partial charge in [0.25, 0.3) is 0 Å². The summed E-state index contributed by atoms with van der Waals surface area (Å²) in [5.74, 6) is -2.66. The van der Waals surface area contributed by atoms with E-state index in [1.807, 2.05) is 0 Å². The molecule has 0 aromatic carbocycles. The topological polar surface area (TPSA) is 140 Å². The fourth-order valence-corrected chi connectivity index (χ4v) is 0.543. The predicted molar refractivity (Wildman–Crippen MR) is 48.4 cm³/mol. The van der Waals surface area contributed by atoms with E-state index >= 15 is 0 Å².